The molecule has 0 saturated carbocycles. The fourth-order valence-corrected chi connectivity index (χ4v) is 3.42. The van der Waals surface area contributed by atoms with Crippen molar-refractivity contribution in [2.75, 3.05) is 13.6 Å². The van der Waals surface area contributed by atoms with Crippen molar-refractivity contribution in [3.8, 4) is 0 Å². The highest BCUT2D eigenvalue weighted by Crippen LogP contribution is 2.29. The van der Waals surface area contributed by atoms with E-state index >= 15 is 0 Å². The highest BCUT2D eigenvalue weighted by molar-refractivity contribution is 7.11. The number of guanidine groups is 1. The van der Waals surface area contributed by atoms with Crippen LogP contribution in [0.5, 0.6) is 0 Å². The van der Waals surface area contributed by atoms with Crippen LogP contribution in [0.3, 0.4) is 0 Å². The Hall–Kier alpha value is -1.68. The van der Waals surface area contributed by atoms with Gasteiger partial charge in [0.25, 0.3) is 0 Å². The predicted octanol–water partition coefficient (Wildman–Crippen LogP) is 3.09. The minimum atomic E-state index is -4.38. The Kier molecular flexibility index (Phi) is 6.55. The van der Waals surface area contributed by atoms with Crippen LogP contribution < -0.4 is 10.6 Å². The number of halogens is 3. The van der Waals surface area contributed by atoms with Crippen LogP contribution in [-0.4, -0.2) is 29.5 Å². The number of rotatable bonds is 6. The zero-order valence-corrected chi connectivity index (χ0v) is 14.9. The Balaban J connectivity index is 1.76. The van der Waals surface area contributed by atoms with Gasteiger partial charge in [-0.15, -0.1) is 22.7 Å². The van der Waals surface area contributed by atoms with E-state index in [-0.39, 0.29) is 0 Å². The van der Waals surface area contributed by atoms with Crippen LogP contribution in [-0.2, 0) is 25.6 Å². The second-order valence-corrected chi connectivity index (χ2v) is 6.94. The van der Waals surface area contributed by atoms with E-state index in [9.17, 15) is 13.2 Å². The number of aliphatic imine (C=N–C) groups is 1. The molecule has 0 fully saturated rings. The first-order valence-corrected chi connectivity index (χ1v) is 9.01. The average Bonchev–Trinajstić information content (AvgIpc) is 3.19. The Morgan fingerprint density at radius 3 is 2.67 bits per heavy atom. The van der Waals surface area contributed by atoms with Gasteiger partial charge in [-0.05, 0) is 6.42 Å². The van der Waals surface area contributed by atoms with Gasteiger partial charge in [0.15, 0.2) is 11.7 Å². The Labute approximate surface area is 146 Å². The van der Waals surface area contributed by atoms with Crippen molar-refractivity contribution < 1.29 is 13.2 Å². The van der Waals surface area contributed by atoms with Gasteiger partial charge in [-0.2, -0.15) is 13.2 Å². The zero-order chi connectivity index (χ0) is 17.6. The van der Waals surface area contributed by atoms with E-state index in [1.807, 2.05) is 6.20 Å². The standard InChI is InChI=1S/C14H18F3N5S2/c1-3-9-6-20-12(24-9)7-21-13(18-2)19-5-4-11-22-10(8-23-11)14(15,16)17/h6,8H,3-5,7H2,1-2H3,(H2,18,19,21). The lowest BCUT2D eigenvalue weighted by atomic mass is 10.4. The van der Waals surface area contributed by atoms with Crippen molar-refractivity contribution in [1.82, 2.24) is 20.6 Å². The summed E-state index contributed by atoms with van der Waals surface area (Å²) in [5.41, 5.74) is -0.833. The second-order valence-electron chi connectivity index (χ2n) is 4.80. The van der Waals surface area contributed by atoms with Gasteiger partial charge in [-0.1, -0.05) is 6.92 Å². The molecule has 0 aliphatic carbocycles. The molecule has 0 aliphatic heterocycles. The molecule has 2 aromatic heterocycles. The molecule has 10 heteroatoms. The molecule has 5 nitrogen and oxygen atoms in total. The quantitative estimate of drug-likeness (QED) is 0.600. The number of hydrogen-bond donors (Lipinski definition) is 2. The summed E-state index contributed by atoms with van der Waals surface area (Å²) < 4.78 is 37.5. The van der Waals surface area contributed by atoms with Crippen LogP contribution in [0.15, 0.2) is 16.6 Å². The van der Waals surface area contributed by atoms with E-state index in [1.54, 1.807) is 18.4 Å². The molecule has 0 saturated heterocycles. The number of nitrogens with zero attached hydrogens (tertiary/aromatic N) is 3. The van der Waals surface area contributed by atoms with Crippen LogP contribution in [0, 0.1) is 0 Å². The molecule has 24 heavy (non-hydrogen) atoms. The third kappa shape index (κ3) is 5.45. The number of hydrogen-bond acceptors (Lipinski definition) is 5. The smallest absolute Gasteiger partial charge is 0.356 e. The molecule has 132 valence electrons. The molecule has 0 atom stereocenters. The third-order valence-corrected chi connectivity index (χ3v) is 5.10. The van der Waals surface area contributed by atoms with E-state index in [4.69, 9.17) is 0 Å². The maximum Gasteiger partial charge on any atom is 0.434 e. The first-order valence-electron chi connectivity index (χ1n) is 7.32. The molecule has 0 aliphatic rings. The summed E-state index contributed by atoms with van der Waals surface area (Å²) in [5.74, 6) is 0.579. The predicted molar refractivity (Wildman–Crippen MR) is 90.5 cm³/mol. The van der Waals surface area contributed by atoms with E-state index in [1.165, 1.54) is 4.88 Å². The Morgan fingerprint density at radius 1 is 1.29 bits per heavy atom. The van der Waals surface area contributed by atoms with Crippen LogP contribution in [0.1, 0.15) is 27.5 Å². The molecule has 2 heterocycles. The van der Waals surface area contributed by atoms with Crippen molar-refractivity contribution >= 4 is 28.6 Å². The summed E-state index contributed by atoms with van der Waals surface area (Å²) in [5, 5.41) is 8.63. The van der Waals surface area contributed by atoms with E-state index in [0.29, 0.717) is 30.5 Å². The minimum Gasteiger partial charge on any atom is -0.356 e. The molecule has 0 amide bonds. The fraction of sp³-hybridized carbons (Fsp3) is 0.500. The van der Waals surface area contributed by atoms with Gasteiger partial charge in [0.05, 0.1) is 11.6 Å². The lowest BCUT2D eigenvalue weighted by molar-refractivity contribution is -0.140. The maximum atomic E-state index is 12.5. The van der Waals surface area contributed by atoms with E-state index in [0.717, 1.165) is 28.1 Å². The van der Waals surface area contributed by atoms with Crippen LogP contribution in [0.25, 0.3) is 0 Å². The minimum absolute atomic E-state index is 0.401. The first-order chi connectivity index (χ1) is 11.4. The molecule has 2 aromatic rings. The molecular weight excluding hydrogens is 359 g/mol. The largest absolute Gasteiger partial charge is 0.434 e. The molecule has 2 rings (SSSR count). The summed E-state index contributed by atoms with van der Waals surface area (Å²) in [6.07, 6.45) is -1.17. The van der Waals surface area contributed by atoms with Crippen molar-refractivity contribution in [2.24, 2.45) is 4.99 Å². The summed E-state index contributed by atoms with van der Waals surface area (Å²) in [4.78, 5) is 13.2. The number of thiazole rings is 2. The monoisotopic (exact) mass is 377 g/mol. The van der Waals surface area contributed by atoms with E-state index < -0.39 is 11.9 Å². The van der Waals surface area contributed by atoms with Crippen molar-refractivity contribution in [3.63, 3.8) is 0 Å². The van der Waals surface area contributed by atoms with Crippen LogP contribution >= 0.6 is 22.7 Å². The molecule has 0 radical (unpaired) electrons. The summed E-state index contributed by atoms with van der Waals surface area (Å²) in [6.45, 7) is 3.08. The fourth-order valence-electron chi connectivity index (χ4n) is 1.82. The molecule has 0 bridgehead atoms. The SMILES string of the molecule is CCc1cnc(CNC(=NC)NCCc2nc(C(F)(F)F)cs2)s1. The van der Waals surface area contributed by atoms with Crippen molar-refractivity contribution in [2.45, 2.75) is 32.5 Å². The summed E-state index contributed by atoms with van der Waals surface area (Å²) >= 11 is 2.65. The highest BCUT2D eigenvalue weighted by atomic mass is 32.1. The summed E-state index contributed by atoms with van der Waals surface area (Å²) in [7, 11) is 1.64. The second kappa shape index (κ2) is 8.43. The first kappa shape index (κ1) is 18.7. The number of aromatic nitrogens is 2. The lowest BCUT2D eigenvalue weighted by Crippen LogP contribution is -2.37. The van der Waals surface area contributed by atoms with Gasteiger partial charge < -0.3 is 10.6 Å². The molecular formula is C14H18F3N5S2. The summed E-state index contributed by atoms with van der Waals surface area (Å²) in [6, 6.07) is 0. The van der Waals surface area contributed by atoms with Crippen LogP contribution in [0.4, 0.5) is 13.2 Å². The Morgan fingerprint density at radius 2 is 2.08 bits per heavy atom. The topological polar surface area (TPSA) is 62.2 Å². The van der Waals surface area contributed by atoms with Gasteiger partial charge >= 0.3 is 6.18 Å². The molecule has 0 aromatic carbocycles. The van der Waals surface area contributed by atoms with Crippen LogP contribution in [0.2, 0.25) is 0 Å². The van der Waals surface area contributed by atoms with Gasteiger partial charge in [-0.3, -0.25) is 4.99 Å². The molecule has 0 spiro atoms. The van der Waals surface area contributed by atoms with Gasteiger partial charge in [0.2, 0.25) is 0 Å². The van der Waals surface area contributed by atoms with Crippen molar-refractivity contribution in [3.05, 3.63) is 32.2 Å². The van der Waals surface area contributed by atoms with E-state index in [2.05, 4.69) is 32.5 Å². The lowest BCUT2D eigenvalue weighted by Gasteiger charge is -2.10. The maximum absolute atomic E-state index is 12.5. The number of alkyl halides is 3. The average molecular weight is 377 g/mol. The van der Waals surface area contributed by atoms with Gasteiger partial charge in [-0.25, -0.2) is 9.97 Å². The van der Waals surface area contributed by atoms with Crippen molar-refractivity contribution in [1.29, 1.82) is 0 Å². The zero-order valence-electron chi connectivity index (χ0n) is 13.3. The number of nitrogens with one attached hydrogen (secondary N) is 2. The highest BCUT2D eigenvalue weighted by Gasteiger charge is 2.33. The van der Waals surface area contributed by atoms with Gasteiger partial charge in [0, 0.05) is 36.5 Å². The Bertz CT molecular complexity index is 678. The van der Waals surface area contributed by atoms with Gasteiger partial charge in [0.1, 0.15) is 5.01 Å². The molecule has 0 unspecified atom stereocenters. The third-order valence-electron chi connectivity index (χ3n) is 3.05. The normalized spacial score (nSPS) is 12.5. The molecule has 2 N–H and O–H groups in total. The number of aryl methyl sites for hydroxylation is 1.